The number of pyridine rings is 1. The number of carbonyl (C=O) groups excluding carboxylic acids is 1. The second-order valence-corrected chi connectivity index (χ2v) is 4.82. The number of anilines is 1. The summed E-state index contributed by atoms with van der Waals surface area (Å²) in [5.74, 6) is 0.751. The van der Waals surface area contributed by atoms with Crippen LogP contribution in [-0.4, -0.2) is 61.0 Å². The molecule has 1 saturated heterocycles. The Morgan fingerprint density at radius 3 is 2.89 bits per heavy atom. The number of nitrogens with one attached hydrogen (secondary N) is 1. The summed E-state index contributed by atoms with van der Waals surface area (Å²) in [6, 6.07) is 5.93. The van der Waals surface area contributed by atoms with Crippen LogP contribution in [0.5, 0.6) is 0 Å². The van der Waals surface area contributed by atoms with Crippen molar-refractivity contribution in [3.63, 3.8) is 0 Å². The second kappa shape index (κ2) is 5.35. The van der Waals surface area contributed by atoms with Gasteiger partial charge in [0.05, 0.1) is 0 Å². The van der Waals surface area contributed by atoms with Crippen molar-refractivity contribution < 1.29 is 4.79 Å². The monoisotopic (exact) mass is 248 g/mol. The van der Waals surface area contributed by atoms with Crippen LogP contribution in [0, 0.1) is 0 Å². The van der Waals surface area contributed by atoms with Gasteiger partial charge in [0.25, 0.3) is 5.91 Å². The van der Waals surface area contributed by atoms with Crippen LogP contribution in [0.1, 0.15) is 16.9 Å². The molecule has 1 unspecified atom stereocenters. The van der Waals surface area contributed by atoms with Crippen LogP contribution in [0.15, 0.2) is 18.2 Å². The molecule has 1 aromatic rings. The SMILES string of the molecule is CNc1cccc(C(=O)N2CCC(N(C)C)C2)n1. The highest BCUT2D eigenvalue weighted by atomic mass is 16.2. The zero-order valence-corrected chi connectivity index (χ0v) is 11.2. The molecule has 1 amide bonds. The normalized spacial score (nSPS) is 19.3. The molecule has 1 atom stereocenters. The summed E-state index contributed by atoms with van der Waals surface area (Å²) in [6.45, 7) is 1.60. The van der Waals surface area contributed by atoms with Crippen molar-refractivity contribution in [1.29, 1.82) is 0 Å². The number of hydrogen-bond acceptors (Lipinski definition) is 4. The average molecular weight is 248 g/mol. The van der Waals surface area contributed by atoms with E-state index < -0.39 is 0 Å². The highest BCUT2D eigenvalue weighted by Crippen LogP contribution is 2.16. The van der Waals surface area contributed by atoms with Crippen LogP contribution in [0.3, 0.4) is 0 Å². The zero-order valence-electron chi connectivity index (χ0n) is 11.2. The summed E-state index contributed by atoms with van der Waals surface area (Å²) in [5.41, 5.74) is 0.515. The van der Waals surface area contributed by atoms with Gasteiger partial charge < -0.3 is 15.1 Å². The van der Waals surface area contributed by atoms with Crippen LogP contribution in [0.4, 0.5) is 5.82 Å². The van der Waals surface area contributed by atoms with Crippen molar-refractivity contribution in [3.8, 4) is 0 Å². The van der Waals surface area contributed by atoms with Crippen molar-refractivity contribution >= 4 is 11.7 Å². The molecule has 2 heterocycles. The summed E-state index contributed by atoms with van der Waals surface area (Å²) in [5, 5.41) is 2.95. The summed E-state index contributed by atoms with van der Waals surface area (Å²) in [6.07, 6.45) is 1.03. The van der Waals surface area contributed by atoms with Crippen molar-refractivity contribution in [1.82, 2.24) is 14.8 Å². The Morgan fingerprint density at radius 2 is 2.28 bits per heavy atom. The predicted molar refractivity (Wildman–Crippen MR) is 71.8 cm³/mol. The third kappa shape index (κ3) is 2.61. The fraction of sp³-hybridized carbons (Fsp3) is 0.538. The van der Waals surface area contributed by atoms with Gasteiger partial charge in [0.15, 0.2) is 0 Å². The second-order valence-electron chi connectivity index (χ2n) is 4.82. The van der Waals surface area contributed by atoms with Gasteiger partial charge >= 0.3 is 0 Å². The summed E-state index contributed by atoms with van der Waals surface area (Å²) in [4.78, 5) is 20.6. The fourth-order valence-corrected chi connectivity index (χ4v) is 2.20. The summed E-state index contributed by atoms with van der Waals surface area (Å²) in [7, 11) is 5.91. The van der Waals surface area contributed by atoms with Gasteiger partial charge in [0.2, 0.25) is 0 Å². The van der Waals surface area contributed by atoms with Crippen molar-refractivity contribution in [2.75, 3.05) is 39.5 Å². The maximum Gasteiger partial charge on any atom is 0.272 e. The Bertz CT molecular complexity index is 433. The highest BCUT2D eigenvalue weighted by Gasteiger charge is 2.28. The lowest BCUT2D eigenvalue weighted by Crippen LogP contribution is -2.34. The van der Waals surface area contributed by atoms with E-state index in [4.69, 9.17) is 0 Å². The molecule has 1 aliphatic heterocycles. The third-order valence-electron chi connectivity index (χ3n) is 3.41. The standard InChI is InChI=1S/C13H20N4O/c1-14-12-6-4-5-11(15-12)13(18)17-8-7-10(9-17)16(2)3/h4-6,10H,7-9H2,1-3H3,(H,14,15). The van der Waals surface area contributed by atoms with Gasteiger partial charge in [-0.1, -0.05) is 6.07 Å². The first-order valence-corrected chi connectivity index (χ1v) is 6.22. The fourth-order valence-electron chi connectivity index (χ4n) is 2.20. The molecule has 1 N–H and O–H groups in total. The molecule has 0 aromatic carbocycles. The molecule has 98 valence electrons. The van der Waals surface area contributed by atoms with Crippen molar-refractivity contribution in [2.24, 2.45) is 0 Å². The molecule has 5 nitrogen and oxygen atoms in total. The van der Waals surface area contributed by atoms with Crippen LogP contribution in [0.25, 0.3) is 0 Å². The van der Waals surface area contributed by atoms with Gasteiger partial charge in [0.1, 0.15) is 11.5 Å². The Labute approximate surface area is 108 Å². The van der Waals surface area contributed by atoms with Crippen LogP contribution < -0.4 is 5.32 Å². The van der Waals surface area contributed by atoms with E-state index in [1.807, 2.05) is 17.0 Å². The lowest BCUT2D eigenvalue weighted by Gasteiger charge is -2.20. The Balaban J connectivity index is 2.08. The van der Waals surface area contributed by atoms with Gasteiger partial charge in [-0.05, 0) is 32.6 Å². The Morgan fingerprint density at radius 1 is 1.50 bits per heavy atom. The van der Waals surface area contributed by atoms with E-state index in [1.165, 1.54) is 0 Å². The number of likely N-dealkylation sites (N-methyl/N-ethyl adjacent to an activating group) is 1. The maximum absolute atomic E-state index is 12.3. The molecule has 0 radical (unpaired) electrons. The van der Waals surface area contributed by atoms with Crippen molar-refractivity contribution in [3.05, 3.63) is 23.9 Å². The molecule has 1 fully saturated rings. The zero-order chi connectivity index (χ0) is 13.1. The van der Waals surface area contributed by atoms with E-state index in [2.05, 4.69) is 29.3 Å². The molecular weight excluding hydrogens is 228 g/mol. The van der Waals surface area contributed by atoms with Crippen LogP contribution >= 0.6 is 0 Å². The Hall–Kier alpha value is -1.62. The van der Waals surface area contributed by atoms with Gasteiger partial charge in [-0.25, -0.2) is 4.98 Å². The topological polar surface area (TPSA) is 48.5 Å². The molecule has 0 bridgehead atoms. The van der Waals surface area contributed by atoms with Gasteiger partial charge in [-0.3, -0.25) is 4.79 Å². The van der Waals surface area contributed by atoms with Crippen LogP contribution in [0.2, 0.25) is 0 Å². The van der Waals surface area contributed by atoms with Gasteiger partial charge in [-0.15, -0.1) is 0 Å². The summed E-state index contributed by atoms with van der Waals surface area (Å²) < 4.78 is 0. The minimum Gasteiger partial charge on any atom is -0.373 e. The molecule has 1 aromatic heterocycles. The average Bonchev–Trinajstić information content (AvgIpc) is 2.87. The minimum absolute atomic E-state index is 0.0245. The first kappa shape index (κ1) is 12.8. The molecule has 2 rings (SSSR count). The number of likely N-dealkylation sites (tertiary alicyclic amines) is 1. The maximum atomic E-state index is 12.3. The lowest BCUT2D eigenvalue weighted by atomic mass is 10.2. The van der Waals surface area contributed by atoms with E-state index in [-0.39, 0.29) is 5.91 Å². The smallest absolute Gasteiger partial charge is 0.272 e. The number of aromatic nitrogens is 1. The lowest BCUT2D eigenvalue weighted by molar-refractivity contribution is 0.0777. The van der Waals surface area contributed by atoms with E-state index in [0.29, 0.717) is 11.7 Å². The molecule has 18 heavy (non-hydrogen) atoms. The first-order valence-electron chi connectivity index (χ1n) is 6.22. The third-order valence-corrected chi connectivity index (χ3v) is 3.41. The highest BCUT2D eigenvalue weighted by molar-refractivity contribution is 5.92. The number of hydrogen-bond donors (Lipinski definition) is 1. The van der Waals surface area contributed by atoms with Gasteiger partial charge in [0, 0.05) is 26.2 Å². The molecular formula is C13H20N4O. The number of carbonyl (C=O) groups is 1. The molecule has 0 saturated carbocycles. The number of amides is 1. The molecule has 5 heteroatoms. The first-order chi connectivity index (χ1) is 8.61. The molecule has 0 aliphatic carbocycles. The summed E-state index contributed by atoms with van der Waals surface area (Å²) >= 11 is 0. The Kier molecular flexibility index (Phi) is 3.81. The van der Waals surface area contributed by atoms with E-state index in [9.17, 15) is 4.79 Å². The van der Waals surface area contributed by atoms with Crippen molar-refractivity contribution in [2.45, 2.75) is 12.5 Å². The number of nitrogens with zero attached hydrogens (tertiary/aromatic N) is 3. The van der Waals surface area contributed by atoms with E-state index in [1.54, 1.807) is 13.1 Å². The minimum atomic E-state index is 0.0245. The van der Waals surface area contributed by atoms with Crippen LogP contribution in [-0.2, 0) is 0 Å². The predicted octanol–water partition coefficient (Wildman–Crippen LogP) is 0.899. The molecule has 1 aliphatic rings. The van der Waals surface area contributed by atoms with E-state index in [0.717, 1.165) is 25.3 Å². The largest absolute Gasteiger partial charge is 0.373 e. The molecule has 0 spiro atoms. The number of rotatable bonds is 3. The van der Waals surface area contributed by atoms with Gasteiger partial charge in [-0.2, -0.15) is 0 Å². The quantitative estimate of drug-likeness (QED) is 0.863. The van der Waals surface area contributed by atoms with E-state index >= 15 is 0 Å².